The molecule has 3 aromatic rings. The first-order chi connectivity index (χ1) is 15.7. The smallest absolute Gasteiger partial charge is 0.194 e. The summed E-state index contributed by atoms with van der Waals surface area (Å²) < 4.78 is 0. The Morgan fingerprint density at radius 1 is 0.500 bits per heavy atom. The molecule has 32 heavy (non-hydrogen) atoms. The van der Waals surface area contributed by atoms with E-state index in [0.717, 1.165) is 81.4 Å². The van der Waals surface area contributed by atoms with Crippen LogP contribution in [0.4, 0.5) is 0 Å². The molecular weight excluding hydrogens is 392 g/mol. The number of benzene rings is 3. The van der Waals surface area contributed by atoms with Crippen LogP contribution in [0.2, 0.25) is 0 Å². The van der Waals surface area contributed by atoms with Crippen molar-refractivity contribution in [1.82, 2.24) is 0 Å². The summed E-state index contributed by atoms with van der Waals surface area (Å²) in [5, 5.41) is 0. The van der Waals surface area contributed by atoms with Crippen molar-refractivity contribution in [1.29, 1.82) is 0 Å². The van der Waals surface area contributed by atoms with Gasteiger partial charge in [-0.05, 0) is 46.2 Å². The van der Waals surface area contributed by atoms with Gasteiger partial charge in [-0.2, -0.15) is 0 Å². The average Bonchev–Trinajstić information content (AvgIpc) is 3.26. The second kappa shape index (κ2) is 8.20. The summed E-state index contributed by atoms with van der Waals surface area (Å²) in [6.07, 6.45) is 3.72. The lowest BCUT2D eigenvalue weighted by Crippen LogP contribution is -2.00. The number of hydrogen-bond acceptors (Lipinski definition) is 2. The van der Waals surface area contributed by atoms with Gasteiger partial charge in [0.15, 0.2) is 11.6 Å². The van der Waals surface area contributed by atoms with Gasteiger partial charge < -0.3 is 0 Å². The van der Waals surface area contributed by atoms with E-state index >= 15 is 0 Å². The van der Waals surface area contributed by atoms with Crippen molar-refractivity contribution < 1.29 is 9.59 Å². The zero-order valence-corrected chi connectivity index (χ0v) is 18.6. The number of hydrogen-bond donors (Lipinski definition) is 0. The number of carbonyl (C=O) groups excluding carboxylic acids is 2. The highest BCUT2D eigenvalue weighted by atomic mass is 16.1. The molecule has 0 radical (unpaired) electrons. The second-order valence-electron chi connectivity index (χ2n) is 8.53. The van der Waals surface area contributed by atoms with Crippen LogP contribution in [-0.4, -0.2) is 11.6 Å². The predicted molar refractivity (Wildman–Crippen MR) is 131 cm³/mol. The van der Waals surface area contributed by atoms with Crippen molar-refractivity contribution in [2.24, 2.45) is 0 Å². The fourth-order valence-corrected chi connectivity index (χ4v) is 5.13. The van der Waals surface area contributed by atoms with E-state index in [1.165, 1.54) is 0 Å². The Labute approximate surface area is 189 Å². The van der Waals surface area contributed by atoms with E-state index in [0.29, 0.717) is 0 Å². The summed E-state index contributed by atoms with van der Waals surface area (Å²) in [5.74, 6) is 0.207. The van der Waals surface area contributed by atoms with E-state index in [2.05, 4.69) is 26.0 Å². The molecule has 0 saturated heterocycles. The van der Waals surface area contributed by atoms with Crippen molar-refractivity contribution in [2.45, 2.75) is 39.5 Å². The molecule has 2 aliphatic rings. The molecule has 0 atom stereocenters. The van der Waals surface area contributed by atoms with Crippen LogP contribution in [0.25, 0.3) is 22.3 Å². The SMILES string of the molecule is CCCC1=C(c2ccc(C3=C(CCC)c4ccccc4C3=O)cc2)C(=O)c2ccccc21. The van der Waals surface area contributed by atoms with Crippen LogP contribution in [0, 0.1) is 0 Å². The molecule has 0 spiro atoms. The van der Waals surface area contributed by atoms with Crippen LogP contribution in [0.15, 0.2) is 72.8 Å². The van der Waals surface area contributed by atoms with Crippen LogP contribution in [0.1, 0.15) is 82.5 Å². The summed E-state index contributed by atoms with van der Waals surface area (Å²) in [7, 11) is 0. The third-order valence-electron chi connectivity index (χ3n) is 6.51. The molecular formula is C30H26O2. The van der Waals surface area contributed by atoms with Crippen LogP contribution in [0.5, 0.6) is 0 Å². The molecule has 0 N–H and O–H groups in total. The van der Waals surface area contributed by atoms with Gasteiger partial charge in [0.05, 0.1) is 0 Å². The molecule has 0 fully saturated rings. The largest absolute Gasteiger partial charge is 0.289 e. The van der Waals surface area contributed by atoms with Crippen molar-refractivity contribution in [2.75, 3.05) is 0 Å². The Morgan fingerprint density at radius 2 is 0.844 bits per heavy atom. The van der Waals surface area contributed by atoms with E-state index in [-0.39, 0.29) is 11.6 Å². The molecule has 0 bridgehead atoms. The molecule has 2 heteroatoms. The number of fused-ring (bicyclic) bond motifs is 2. The summed E-state index contributed by atoms with van der Waals surface area (Å²) in [5.41, 5.74) is 9.46. The molecule has 0 aliphatic heterocycles. The summed E-state index contributed by atoms with van der Waals surface area (Å²) in [6.45, 7) is 4.29. The van der Waals surface area contributed by atoms with E-state index in [1.54, 1.807) is 0 Å². The topological polar surface area (TPSA) is 34.1 Å². The van der Waals surface area contributed by atoms with Gasteiger partial charge in [0.2, 0.25) is 0 Å². The van der Waals surface area contributed by atoms with Crippen molar-refractivity contribution in [3.63, 3.8) is 0 Å². The Bertz CT molecular complexity index is 1200. The molecule has 0 amide bonds. The first kappa shape index (κ1) is 20.4. The van der Waals surface area contributed by atoms with Gasteiger partial charge in [-0.3, -0.25) is 9.59 Å². The lowest BCUT2D eigenvalue weighted by Gasteiger charge is -2.10. The molecule has 2 aliphatic carbocycles. The van der Waals surface area contributed by atoms with Crippen LogP contribution in [0.3, 0.4) is 0 Å². The number of Topliss-reactive ketones (excluding diaryl/α,β-unsaturated/α-hetero) is 2. The predicted octanol–water partition coefficient (Wildman–Crippen LogP) is 7.50. The highest BCUT2D eigenvalue weighted by Crippen LogP contribution is 2.43. The van der Waals surface area contributed by atoms with Crippen molar-refractivity contribution >= 4 is 33.9 Å². The Balaban J connectivity index is 1.58. The van der Waals surface area contributed by atoms with Crippen molar-refractivity contribution in [3.05, 3.63) is 106 Å². The van der Waals surface area contributed by atoms with E-state index in [1.807, 2.05) is 60.7 Å². The molecule has 3 aromatic carbocycles. The van der Waals surface area contributed by atoms with E-state index in [4.69, 9.17) is 0 Å². The first-order valence-corrected chi connectivity index (χ1v) is 11.5. The summed E-state index contributed by atoms with van der Waals surface area (Å²) in [4.78, 5) is 26.5. The zero-order valence-electron chi connectivity index (χ0n) is 18.6. The maximum atomic E-state index is 13.2. The Kier molecular flexibility index (Phi) is 5.22. The fourth-order valence-electron chi connectivity index (χ4n) is 5.13. The monoisotopic (exact) mass is 418 g/mol. The van der Waals surface area contributed by atoms with Gasteiger partial charge >= 0.3 is 0 Å². The highest BCUT2D eigenvalue weighted by Gasteiger charge is 2.31. The average molecular weight is 419 g/mol. The van der Waals surface area contributed by atoms with Gasteiger partial charge in [0.1, 0.15) is 0 Å². The van der Waals surface area contributed by atoms with Gasteiger partial charge in [0.25, 0.3) is 0 Å². The minimum atomic E-state index is 0.104. The lowest BCUT2D eigenvalue weighted by molar-refractivity contribution is 0.105. The molecule has 0 aromatic heterocycles. The normalized spacial score (nSPS) is 14.9. The van der Waals surface area contributed by atoms with Crippen molar-refractivity contribution in [3.8, 4) is 0 Å². The molecule has 0 saturated carbocycles. The van der Waals surface area contributed by atoms with E-state index in [9.17, 15) is 9.59 Å². The summed E-state index contributed by atoms with van der Waals surface area (Å²) >= 11 is 0. The van der Waals surface area contributed by atoms with Crippen LogP contribution >= 0.6 is 0 Å². The highest BCUT2D eigenvalue weighted by molar-refractivity contribution is 6.41. The first-order valence-electron chi connectivity index (χ1n) is 11.5. The maximum Gasteiger partial charge on any atom is 0.194 e. The second-order valence-corrected chi connectivity index (χ2v) is 8.53. The number of ketones is 2. The number of carbonyl (C=O) groups is 2. The van der Waals surface area contributed by atoms with Crippen LogP contribution < -0.4 is 0 Å². The fraction of sp³-hybridized carbons (Fsp3) is 0.200. The molecule has 0 heterocycles. The Morgan fingerprint density at radius 3 is 1.19 bits per heavy atom. The standard InChI is InChI=1S/C30H26O2/c1-3-9-23-21-11-5-7-13-25(21)29(31)27(23)19-15-17-20(18-16-19)28-24(10-4-2)22-12-6-8-14-26(22)30(28)32/h5-8,11-18H,3-4,9-10H2,1-2H3. The van der Waals surface area contributed by atoms with E-state index < -0.39 is 0 Å². The van der Waals surface area contributed by atoms with Gasteiger partial charge in [-0.25, -0.2) is 0 Å². The summed E-state index contributed by atoms with van der Waals surface area (Å²) in [6, 6.07) is 23.8. The molecule has 2 nitrogen and oxygen atoms in total. The number of allylic oxidation sites excluding steroid dienone is 4. The van der Waals surface area contributed by atoms with Crippen LogP contribution in [-0.2, 0) is 0 Å². The minimum Gasteiger partial charge on any atom is -0.289 e. The minimum absolute atomic E-state index is 0.104. The Hall–Kier alpha value is -3.52. The van der Waals surface area contributed by atoms with Gasteiger partial charge in [-0.15, -0.1) is 0 Å². The van der Waals surface area contributed by atoms with Gasteiger partial charge in [0, 0.05) is 22.3 Å². The van der Waals surface area contributed by atoms with Gasteiger partial charge in [-0.1, -0.05) is 99.5 Å². The lowest BCUT2D eigenvalue weighted by atomic mass is 9.93. The quantitative estimate of drug-likeness (QED) is 0.415. The zero-order chi connectivity index (χ0) is 22.2. The molecule has 0 unspecified atom stereocenters. The third kappa shape index (κ3) is 3.10. The number of rotatable bonds is 6. The maximum absolute atomic E-state index is 13.2. The molecule has 158 valence electrons. The third-order valence-corrected chi connectivity index (χ3v) is 6.51. The molecule has 5 rings (SSSR count).